The summed E-state index contributed by atoms with van der Waals surface area (Å²) in [6, 6.07) is 8.54. The second-order valence-electron chi connectivity index (χ2n) is 4.91. The fourth-order valence-electron chi connectivity index (χ4n) is 2.24. The van der Waals surface area contributed by atoms with Gasteiger partial charge in [0.2, 0.25) is 0 Å². The van der Waals surface area contributed by atoms with Crippen LogP contribution in [-0.4, -0.2) is 32.3 Å². The van der Waals surface area contributed by atoms with E-state index in [0.29, 0.717) is 6.10 Å². The molecule has 92 valence electrons. The summed E-state index contributed by atoms with van der Waals surface area (Å²) in [6.45, 7) is 4.44. The summed E-state index contributed by atoms with van der Waals surface area (Å²) in [5.41, 5.74) is 1.30. The Morgan fingerprint density at radius 1 is 1.18 bits per heavy atom. The maximum absolute atomic E-state index is 5.85. The van der Waals surface area contributed by atoms with Gasteiger partial charge in [-0.15, -0.1) is 0 Å². The van der Waals surface area contributed by atoms with Crippen LogP contribution in [0.1, 0.15) is 19.3 Å². The lowest BCUT2D eigenvalue weighted by Gasteiger charge is -2.22. The molecule has 0 spiro atoms. The summed E-state index contributed by atoms with van der Waals surface area (Å²) >= 11 is 0. The van der Waals surface area contributed by atoms with E-state index in [2.05, 4.69) is 34.5 Å². The molecule has 1 aliphatic heterocycles. The van der Waals surface area contributed by atoms with E-state index in [4.69, 9.17) is 4.74 Å². The van der Waals surface area contributed by atoms with Gasteiger partial charge in [0.25, 0.3) is 0 Å². The molecule has 1 saturated heterocycles. The molecule has 0 radical (unpaired) electrons. The van der Waals surface area contributed by atoms with Gasteiger partial charge in [0.15, 0.2) is 0 Å². The summed E-state index contributed by atoms with van der Waals surface area (Å²) in [4.78, 5) is 2.44. The predicted molar refractivity (Wildman–Crippen MR) is 69.8 cm³/mol. The van der Waals surface area contributed by atoms with E-state index < -0.39 is 0 Å². The van der Waals surface area contributed by atoms with E-state index in [0.717, 1.165) is 31.9 Å². The van der Waals surface area contributed by atoms with Crippen LogP contribution in [0, 0.1) is 0 Å². The Labute approximate surface area is 103 Å². The summed E-state index contributed by atoms with van der Waals surface area (Å²) in [7, 11) is 0. The first-order valence-electron chi connectivity index (χ1n) is 6.64. The molecule has 0 aromatic heterocycles. The highest BCUT2D eigenvalue weighted by Gasteiger charge is 2.23. The number of anilines is 1. The van der Waals surface area contributed by atoms with E-state index in [-0.39, 0.29) is 0 Å². The van der Waals surface area contributed by atoms with Crippen LogP contribution in [0.2, 0.25) is 0 Å². The SMILES string of the molecule is c1cc(OC2CC2)cc(N2CCCNCC2)c1. The molecule has 17 heavy (non-hydrogen) atoms. The molecule has 0 unspecified atom stereocenters. The number of hydrogen-bond acceptors (Lipinski definition) is 3. The lowest BCUT2D eigenvalue weighted by Crippen LogP contribution is -2.27. The van der Waals surface area contributed by atoms with Crippen LogP contribution in [0.4, 0.5) is 5.69 Å². The van der Waals surface area contributed by atoms with Crippen LogP contribution in [0.5, 0.6) is 5.75 Å². The monoisotopic (exact) mass is 232 g/mol. The van der Waals surface area contributed by atoms with E-state index >= 15 is 0 Å². The van der Waals surface area contributed by atoms with Crippen LogP contribution < -0.4 is 15.0 Å². The maximum atomic E-state index is 5.85. The number of hydrogen-bond donors (Lipinski definition) is 1. The van der Waals surface area contributed by atoms with E-state index in [1.54, 1.807) is 0 Å². The van der Waals surface area contributed by atoms with Gasteiger partial charge in [-0.1, -0.05) is 6.07 Å². The molecule has 0 amide bonds. The average molecular weight is 232 g/mol. The number of nitrogens with one attached hydrogen (secondary N) is 1. The molecule has 1 saturated carbocycles. The summed E-state index contributed by atoms with van der Waals surface area (Å²) in [6.07, 6.45) is 4.14. The molecule has 0 atom stereocenters. The number of rotatable bonds is 3. The predicted octanol–water partition coefficient (Wildman–Crippen LogP) is 2.03. The largest absolute Gasteiger partial charge is 0.490 e. The summed E-state index contributed by atoms with van der Waals surface area (Å²) < 4.78 is 5.85. The molecule has 2 fully saturated rings. The molecule has 3 rings (SSSR count). The quantitative estimate of drug-likeness (QED) is 0.863. The molecule has 1 heterocycles. The highest BCUT2D eigenvalue weighted by Crippen LogP contribution is 2.29. The third-order valence-electron chi connectivity index (χ3n) is 3.35. The van der Waals surface area contributed by atoms with Crippen molar-refractivity contribution in [1.82, 2.24) is 5.32 Å². The van der Waals surface area contributed by atoms with Crippen LogP contribution >= 0.6 is 0 Å². The molecule has 1 aromatic carbocycles. The Morgan fingerprint density at radius 2 is 2.12 bits per heavy atom. The minimum atomic E-state index is 0.482. The van der Waals surface area contributed by atoms with Crippen LogP contribution in [-0.2, 0) is 0 Å². The molecule has 3 nitrogen and oxygen atoms in total. The van der Waals surface area contributed by atoms with Gasteiger partial charge in [0, 0.05) is 31.4 Å². The molecule has 1 N–H and O–H groups in total. The van der Waals surface area contributed by atoms with Crippen molar-refractivity contribution in [1.29, 1.82) is 0 Å². The van der Waals surface area contributed by atoms with Gasteiger partial charge in [-0.25, -0.2) is 0 Å². The number of nitrogens with zero attached hydrogens (tertiary/aromatic N) is 1. The zero-order valence-electron chi connectivity index (χ0n) is 10.2. The zero-order chi connectivity index (χ0) is 11.5. The molecular weight excluding hydrogens is 212 g/mol. The van der Waals surface area contributed by atoms with Crippen molar-refractivity contribution in [3.8, 4) is 5.75 Å². The van der Waals surface area contributed by atoms with Crippen LogP contribution in [0.15, 0.2) is 24.3 Å². The number of benzene rings is 1. The Hall–Kier alpha value is -1.22. The minimum absolute atomic E-state index is 0.482. The number of ether oxygens (including phenoxy) is 1. The summed E-state index contributed by atoms with van der Waals surface area (Å²) in [5, 5.41) is 3.43. The normalized spacial score (nSPS) is 21.1. The smallest absolute Gasteiger partial charge is 0.121 e. The Bertz CT molecular complexity index is 368. The van der Waals surface area contributed by atoms with Gasteiger partial charge in [-0.05, 0) is 37.9 Å². The maximum Gasteiger partial charge on any atom is 0.121 e. The van der Waals surface area contributed by atoms with Crippen molar-refractivity contribution in [3.05, 3.63) is 24.3 Å². The highest BCUT2D eigenvalue weighted by molar-refractivity contribution is 5.51. The third-order valence-corrected chi connectivity index (χ3v) is 3.35. The molecular formula is C14H20N2O. The molecule has 0 bridgehead atoms. The summed E-state index contributed by atoms with van der Waals surface area (Å²) in [5.74, 6) is 1.03. The molecule has 2 aliphatic rings. The van der Waals surface area contributed by atoms with Gasteiger partial charge < -0.3 is 15.0 Å². The second-order valence-corrected chi connectivity index (χ2v) is 4.91. The Kier molecular flexibility index (Phi) is 3.18. The van der Waals surface area contributed by atoms with E-state index in [1.807, 2.05) is 0 Å². The Balaban J connectivity index is 1.71. The van der Waals surface area contributed by atoms with Gasteiger partial charge in [0.05, 0.1) is 6.10 Å². The second kappa shape index (κ2) is 4.96. The lowest BCUT2D eigenvalue weighted by molar-refractivity contribution is 0.303. The topological polar surface area (TPSA) is 24.5 Å². The van der Waals surface area contributed by atoms with Crippen molar-refractivity contribution in [2.45, 2.75) is 25.4 Å². The Morgan fingerprint density at radius 3 is 3.00 bits per heavy atom. The van der Waals surface area contributed by atoms with Gasteiger partial charge in [-0.3, -0.25) is 0 Å². The van der Waals surface area contributed by atoms with Crippen molar-refractivity contribution < 1.29 is 4.74 Å². The highest BCUT2D eigenvalue weighted by atomic mass is 16.5. The van der Waals surface area contributed by atoms with Crippen LogP contribution in [0.25, 0.3) is 0 Å². The molecule has 3 heteroatoms. The molecule has 1 aliphatic carbocycles. The zero-order valence-corrected chi connectivity index (χ0v) is 10.2. The van der Waals surface area contributed by atoms with Gasteiger partial charge in [0.1, 0.15) is 5.75 Å². The first kappa shape index (κ1) is 10.9. The van der Waals surface area contributed by atoms with Crippen molar-refractivity contribution in [2.75, 3.05) is 31.1 Å². The van der Waals surface area contributed by atoms with Gasteiger partial charge >= 0.3 is 0 Å². The lowest BCUT2D eigenvalue weighted by atomic mass is 10.2. The van der Waals surface area contributed by atoms with Crippen molar-refractivity contribution in [3.63, 3.8) is 0 Å². The first-order valence-corrected chi connectivity index (χ1v) is 6.64. The van der Waals surface area contributed by atoms with Crippen LogP contribution in [0.3, 0.4) is 0 Å². The fraction of sp³-hybridized carbons (Fsp3) is 0.571. The minimum Gasteiger partial charge on any atom is -0.490 e. The van der Waals surface area contributed by atoms with E-state index in [9.17, 15) is 0 Å². The fourth-order valence-corrected chi connectivity index (χ4v) is 2.24. The average Bonchev–Trinajstić information content (AvgIpc) is 3.15. The van der Waals surface area contributed by atoms with Crippen molar-refractivity contribution >= 4 is 5.69 Å². The molecule has 1 aromatic rings. The van der Waals surface area contributed by atoms with E-state index in [1.165, 1.54) is 24.9 Å². The first-order chi connectivity index (χ1) is 8.42. The standard InChI is InChI=1S/C14H20N2O/c1-3-12(16-9-2-7-15-8-10-16)11-14(4-1)17-13-5-6-13/h1,3-4,11,13,15H,2,5-10H2. The van der Waals surface area contributed by atoms with Gasteiger partial charge in [-0.2, -0.15) is 0 Å². The third kappa shape index (κ3) is 2.91. The van der Waals surface area contributed by atoms with Crippen molar-refractivity contribution in [2.24, 2.45) is 0 Å².